The smallest absolute Gasteiger partial charge is 0.228 e. The molecule has 0 bridgehead atoms. The van der Waals surface area contributed by atoms with Crippen molar-refractivity contribution in [2.24, 2.45) is 0 Å². The number of anilines is 1. The van der Waals surface area contributed by atoms with E-state index in [1.807, 2.05) is 66.2 Å². The van der Waals surface area contributed by atoms with E-state index in [0.29, 0.717) is 6.42 Å². The Morgan fingerprint density at radius 2 is 1.86 bits per heavy atom. The van der Waals surface area contributed by atoms with Gasteiger partial charge in [-0.25, -0.2) is 4.98 Å². The molecule has 0 saturated carbocycles. The first-order chi connectivity index (χ1) is 14.0. The predicted octanol–water partition coefficient (Wildman–Crippen LogP) is 4.81. The molecule has 0 spiro atoms. The number of hydrogen-bond acceptors (Lipinski definition) is 3. The van der Waals surface area contributed by atoms with E-state index in [2.05, 4.69) is 24.4 Å². The Morgan fingerprint density at radius 3 is 2.62 bits per heavy atom. The first-order valence-corrected chi connectivity index (χ1v) is 9.51. The van der Waals surface area contributed by atoms with Gasteiger partial charge in [0.25, 0.3) is 0 Å². The average Bonchev–Trinajstić information content (AvgIpc) is 3.13. The maximum absolute atomic E-state index is 12.6. The molecule has 1 amide bonds. The molecule has 0 radical (unpaired) electrons. The summed E-state index contributed by atoms with van der Waals surface area (Å²) >= 11 is 0. The number of imidazole rings is 1. The van der Waals surface area contributed by atoms with Crippen molar-refractivity contribution in [3.63, 3.8) is 0 Å². The van der Waals surface area contributed by atoms with E-state index in [1.54, 1.807) is 7.11 Å². The zero-order chi connectivity index (χ0) is 20.4. The fourth-order valence-corrected chi connectivity index (χ4v) is 3.26. The van der Waals surface area contributed by atoms with E-state index in [1.165, 1.54) is 5.56 Å². The van der Waals surface area contributed by atoms with Crippen LogP contribution in [-0.4, -0.2) is 22.4 Å². The lowest BCUT2D eigenvalue weighted by Gasteiger charge is -2.10. The number of rotatable bonds is 5. The van der Waals surface area contributed by atoms with Crippen LogP contribution in [0.2, 0.25) is 0 Å². The molecule has 0 atom stereocenters. The van der Waals surface area contributed by atoms with E-state index in [-0.39, 0.29) is 5.91 Å². The molecule has 1 N–H and O–H groups in total. The molecule has 0 aliphatic carbocycles. The summed E-state index contributed by atoms with van der Waals surface area (Å²) in [6, 6.07) is 17.7. The Bertz CT molecular complexity index is 1180. The van der Waals surface area contributed by atoms with Crippen LogP contribution in [-0.2, 0) is 11.2 Å². The fraction of sp³-hybridized carbons (Fsp3) is 0.167. The third-order valence-electron chi connectivity index (χ3n) is 4.95. The van der Waals surface area contributed by atoms with Crippen molar-refractivity contribution < 1.29 is 9.53 Å². The van der Waals surface area contributed by atoms with E-state index in [9.17, 15) is 4.79 Å². The van der Waals surface area contributed by atoms with Gasteiger partial charge in [-0.1, -0.05) is 24.3 Å². The number of fused-ring (bicyclic) bond motifs is 1. The summed E-state index contributed by atoms with van der Waals surface area (Å²) in [5.74, 6) is 0.724. The van der Waals surface area contributed by atoms with E-state index in [4.69, 9.17) is 9.72 Å². The van der Waals surface area contributed by atoms with Crippen LogP contribution in [0.1, 0.15) is 16.7 Å². The van der Waals surface area contributed by atoms with Gasteiger partial charge in [0.05, 0.1) is 19.2 Å². The highest BCUT2D eigenvalue weighted by molar-refractivity contribution is 5.93. The Kier molecular flexibility index (Phi) is 5.04. The number of aryl methyl sites for hydroxylation is 2. The van der Waals surface area contributed by atoms with Crippen molar-refractivity contribution in [2.75, 3.05) is 12.4 Å². The van der Waals surface area contributed by atoms with Gasteiger partial charge in [0.15, 0.2) is 0 Å². The molecule has 2 aromatic carbocycles. The Labute approximate surface area is 170 Å². The number of methoxy groups -OCH3 is 1. The van der Waals surface area contributed by atoms with Gasteiger partial charge in [-0.2, -0.15) is 0 Å². The van der Waals surface area contributed by atoms with Crippen LogP contribution >= 0.6 is 0 Å². The maximum atomic E-state index is 12.6. The van der Waals surface area contributed by atoms with Gasteiger partial charge in [-0.3, -0.25) is 4.79 Å². The Morgan fingerprint density at radius 1 is 1.07 bits per heavy atom. The molecular weight excluding hydrogens is 362 g/mol. The monoisotopic (exact) mass is 385 g/mol. The first kappa shape index (κ1) is 18.7. The normalized spacial score (nSPS) is 10.9. The SMILES string of the molecule is COc1ccc(CC(=O)Nc2cc(-c3cn4ccc(C)cc4n3)ccc2C)cc1. The standard InChI is InChI=1S/C24H23N3O2/c1-16-10-11-27-15-22(25-23(27)12-16)19-7-4-17(2)21(14-19)26-24(28)13-18-5-8-20(29-3)9-6-18/h4-12,14-15H,13H2,1-3H3,(H,26,28). The Balaban J connectivity index is 1.54. The quantitative estimate of drug-likeness (QED) is 0.536. The number of hydrogen-bond donors (Lipinski definition) is 1. The van der Waals surface area contributed by atoms with Crippen LogP contribution in [0.5, 0.6) is 5.75 Å². The van der Waals surface area contributed by atoms with Crippen LogP contribution in [0.3, 0.4) is 0 Å². The number of nitrogens with zero attached hydrogens (tertiary/aromatic N) is 2. The molecule has 2 heterocycles. The highest BCUT2D eigenvalue weighted by Crippen LogP contribution is 2.26. The third-order valence-corrected chi connectivity index (χ3v) is 4.95. The summed E-state index contributed by atoms with van der Waals surface area (Å²) in [5.41, 5.74) is 6.67. The zero-order valence-corrected chi connectivity index (χ0v) is 16.8. The van der Waals surface area contributed by atoms with Crippen molar-refractivity contribution in [3.8, 4) is 17.0 Å². The molecular formula is C24H23N3O2. The summed E-state index contributed by atoms with van der Waals surface area (Å²) in [6.07, 6.45) is 4.32. The highest BCUT2D eigenvalue weighted by Gasteiger charge is 2.10. The molecule has 5 nitrogen and oxygen atoms in total. The second kappa shape index (κ2) is 7.80. The minimum atomic E-state index is -0.0546. The lowest BCUT2D eigenvalue weighted by molar-refractivity contribution is -0.115. The first-order valence-electron chi connectivity index (χ1n) is 9.51. The Hall–Kier alpha value is -3.60. The largest absolute Gasteiger partial charge is 0.497 e. The number of amides is 1. The van der Waals surface area contributed by atoms with Crippen molar-refractivity contribution >= 4 is 17.2 Å². The van der Waals surface area contributed by atoms with Crippen LogP contribution in [0.15, 0.2) is 67.0 Å². The second-order valence-electron chi connectivity index (χ2n) is 7.20. The van der Waals surface area contributed by atoms with Crippen molar-refractivity contribution in [3.05, 3.63) is 83.7 Å². The van der Waals surface area contributed by atoms with Gasteiger partial charge in [0.2, 0.25) is 5.91 Å². The summed E-state index contributed by atoms with van der Waals surface area (Å²) < 4.78 is 7.16. The topological polar surface area (TPSA) is 55.6 Å². The molecule has 146 valence electrons. The van der Waals surface area contributed by atoms with Crippen LogP contribution in [0.25, 0.3) is 16.9 Å². The number of pyridine rings is 1. The van der Waals surface area contributed by atoms with E-state index >= 15 is 0 Å². The summed E-state index contributed by atoms with van der Waals surface area (Å²) in [6.45, 7) is 4.04. The van der Waals surface area contributed by atoms with Gasteiger partial charge in [-0.05, 0) is 60.9 Å². The van der Waals surface area contributed by atoms with E-state index in [0.717, 1.165) is 39.5 Å². The van der Waals surface area contributed by atoms with Gasteiger partial charge >= 0.3 is 0 Å². The zero-order valence-electron chi connectivity index (χ0n) is 16.8. The second-order valence-corrected chi connectivity index (χ2v) is 7.20. The van der Waals surface area contributed by atoms with Gasteiger partial charge < -0.3 is 14.5 Å². The van der Waals surface area contributed by atoms with Crippen LogP contribution < -0.4 is 10.1 Å². The molecule has 5 heteroatoms. The number of carbonyl (C=O) groups excluding carboxylic acids is 1. The van der Waals surface area contributed by atoms with Crippen molar-refractivity contribution in [1.82, 2.24) is 9.38 Å². The summed E-state index contributed by atoms with van der Waals surface area (Å²) in [4.78, 5) is 17.3. The molecule has 0 fully saturated rings. The summed E-state index contributed by atoms with van der Waals surface area (Å²) in [5, 5.41) is 3.04. The maximum Gasteiger partial charge on any atom is 0.228 e. The van der Waals surface area contributed by atoms with Crippen molar-refractivity contribution in [2.45, 2.75) is 20.3 Å². The van der Waals surface area contributed by atoms with Crippen molar-refractivity contribution in [1.29, 1.82) is 0 Å². The lowest BCUT2D eigenvalue weighted by atomic mass is 10.1. The highest BCUT2D eigenvalue weighted by atomic mass is 16.5. The molecule has 0 saturated heterocycles. The van der Waals surface area contributed by atoms with Gasteiger partial charge in [0, 0.05) is 23.6 Å². The minimum absolute atomic E-state index is 0.0546. The molecule has 0 unspecified atom stereocenters. The molecule has 29 heavy (non-hydrogen) atoms. The van der Waals surface area contributed by atoms with Gasteiger partial charge in [0.1, 0.15) is 11.4 Å². The number of carbonyl (C=O) groups is 1. The average molecular weight is 385 g/mol. The molecule has 0 aliphatic heterocycles. The predicted molar refractivity (Wildman–Crippen MR) is 115 cm³/mol. The number of benzene rings is 2. The minimum Gasteiger partial charge on any atom is -0.497 e. The number of nitrogens with one attached hydrogen (secondary N) is 1. The number of aromatic nitrogens is 2. The molecule has 2 aromatic heterocycles. The molecule has 4 rings (SSSR count). The summed E-state index contributed by atoms with van der Waals surface area (Å²) in [7, 11) is 1.63. The molecule has 4 aromatic rings. The van der Waals surface area contributed by atoms with Crippen LogP contribution in [0, 0.1) is 13.8 Å². The van der Waals surface area contributed by atoms with Crippen LogP contribution in [0.4, 0.5) is 5.69 Å². The van der Waals surface area contributed by atoms with Gasteiger partial charge in [-0.15, -0.1) is 0 Å². The number of ether oxygens (including phenoxy) is 1. The third kappa shape index (κ3) is 4.14. The lowest BCUT2D eigenvalue weighted by Crippen LogP contribution is -2.15. The fourth-order valence-electron chi connectivity index (χ4n) is 3.26. The molecule has 0 aliphatic rings. The van der Waals surface area contributed by atoms with E-state index < -0.39 is 0 Å².